The molecule has 1 aliphatic rings. The van der Waals surface area contributed by atoms with Crippen molar-refractivity contribution < 1.29 is 4.42 Å². The lowest BCUT2D eigenvalue weighted by Gasteiger charge is -2.30. The Morgan fingerprint density at radius 2 is 0.887 bits per heavy atom. The first-order valence-electron chi connectivity index (χ1n) is 21.4. The molecule has 0 aliphatic heterocycles. The van der Waals surface area contributed by atoms with Gasteiger partial charge in [-0.25, -0.2) is 0 Å². The van der Waals surface area contributed by atoms with E-state index in [1.165, 1.54) is 54.9 Å². The summed E-state index contributed by atoms with van der Waals surface area (Å²) in [4.78, 5) is 4.78. The molecule has 1 aliphatic carbocycles. The Morgan fingerprint density at radius 3 is 1.73 bits per heavy atom. The average Bonchev–Trinajstić information content (AvgIpc) is 3.80. The van der Waals surface area contributed by atoms with Crippen LogP contribution < -0.4 is 9.80 Å². The maximum Gasteiger partial charge on any atom is 0.137 e. The van der Waals surface area contributed by atoms with E-state index < -0.39 is 0 Å². The van der Waals surface area contributed by atoms with Gasteiger partial charge in [0.25, 0.3) is 0 Å². The third-order valence-corrected chi connectivity index (χ3v) is 13.0. The van der Waals surface area contributed by atoms with Gasteiger partial charge in [-0.05, 0) is 122 Å². The van der Waals surface area contributed by atoms with Gasteiger partial charge in [0, 0.05) is 56.1 Å². The molecule has 0 saturated carbocycles. The number of nitrogens with zero attached hydrogens (tertiary/aromatic N) is 2. The van der Waals surface area contributed by atoms with Crippen LogP contribution in [0.3, 0.4) is 0 Å². The van der Waals surface area contributed by atoms with Crippen LogP contribution in [0.15, 0.2) is 223 Å². The fraction of sp³-hybridized carbons (Fsp3) is 0.0508. The number of fused-ring (bicyclic) bond motifs is 8. The Balaban J connectivity index is 1.03. The van der Waals surface area contributed by atoms with E-state index in [0.29, 0.717) is 0 Å². The third-order valence-electron chi connectivity index (χ3n) is 13.0. The minimum Gasteiger partial charge on any atom is -0.456 e. The molecule has 0 unspecified atom stereocenters. The molecule has 62 heavy (non-hydrogen) atoms. The predicted molar refractivity (Wildman–Crippen MR) is 261 cm³/mol. The number of para-hydroxylation sites is 2. The van der Waals surface area contributed by atoms with Gasteiger partial charge in [0.1, 0.15) is 11.2 Å². The van der Waals surface area contributed by atoms with Gasteiger partial charge in [-0.3, -0.25) is 0 Å². The molecular weight excluding hydrogens is 753 g/mol. The lowest BCUT2D eigenvalue weighted by atomic mass is 9.82. The second-order valence-corrected chi connectivity index (χ2v) is 16.9. The Morgan fingerprint density at radius 1 is 0.339 bits per heavy atom. The number of anilines is 6. The monoisotopic (exact) mass is 794 g/mol. The van der Waals surface area contributed by atoms with E-state index in [1.807, 2.05) is 12.1 Å². The van der Waals surface area contributed by atoms with Gasteiger partial charge in [0.2, 0.25) is 0 Å². The summed E-state index contributed by atoms with van der Waals surface area (Å²) in [5, 5.41) is 7.12. The Labute approximate surface area is 361 Å². The van der Waals surface area contributed by atoms with Crippen molar-refractivity contribution in [2.24, 2.45) is 0 Å². The summed E-state index contributed by atoms with van der Waals surface area (Å²) in [7, 11) is 0. The van der Waals surface area contributed by atoms with Gasteiger partial charge in [-0.1, -0.05) is 153 Å². The van der Waals surface area contributed by atoms with Crippen LogP contribution >= 0.6 is 0 Å². The molecule has 0 atom stereocenters. The summed E-state index contributed by atoms with van der Waals surface area (Å²) in [6.07, 6.45) is 0. The van der Waals surface area contributed by atoms with Crippen molar-refractivity contribution in [2.45, 2.75) is 19.3 Å². The minimum absolute atomic E-state index is 0.139. The summed E-state index contributed by atoms with van der Waals surface area (Å²) in [5.41, 5.74) is 15.8. The number of furan rings is 1. The topological polar surface area (TPSA) is 19.6 Å². The van der Waals surface area contributed by atoms with Gasteiger partial charge in [-0.2, -0.15) is 0 Å². The molecule has 0 saturated heterocycles. The summed E-state index contributed by atoms with van der Waals surface area (Å²) >= 11 is 0. The molecule has 1 aromatic heterocycles. The van der Waals surface area contributed by atoms with E-state index >= 15 is 0 Å². The zero-order chi connectivity index (χ0) is 41.4. The lowest BCUT2D eigenvalue weighted by molar-refractivity contribution is 0.660. The summed E-state index contributed by atoms with van der Waals surface area (Å²) < 4.78 is 6.48. The molecule has 0 spiro atoms. The molecule has 3 nitrogen and oxygen atoms in total. The van der Waals surface area contributed by atoms with Crippen LogP contribution in [0.5, 0.6) is 0 Å². The smallest absolute Gasteiger partial charge is 0.137 e. The Hall–Kier alpha value is -7.88. The van der Waals surface area contributed by atoms with Crippen LogP contribution in [-0.2, 0) is 5.41 Å². The van der Waals surface area contributed by atoms with Crippen LogP contribution in [0.4, 0.5) is 34.1 Å². The molecule has 294 valence electrons. The average molecular weight is 795 g/mol. The van der Waals surface area contributed by atoms with Crippen molar-refractivity contribution in [3.05, 3.63) is 230 Å². The number of rotatable bonds is 7. The second kappa shape index (κ2) is 14.1. The zero-order valence-corrected chi connectivity index (χ0v) is 34.6. The van der Waals surface area contributed by atoms with Crippen LogP contribution in [0, 0.1) is 0 Å². The van der Waals surface area contributed by atoms with Gasteiger partial charge < -0.3 is 14.2 Å². The molecule has 0 bridgehead atoms. The predicted octanol–water partition coefficient (Wildman–Crippen LogP) is 16.8. The highest BCUT2D eigenvalue weighted by Crippen LogP contribution is 2.51. The standard InChI is InChI=1S/C59H42N2O/c1-59(2)53-26-10-8-22-48(53)49-35-33-44(37-54(49)59)60(45-34-36-51-50-23-9-11-28-56(50)62-57(51)38-45)42-29-31-43(32-30-42)61(41-19-4-3-5-20-41)55-27-14-18-40-17-13-25-52(58(40)55)47-24-12-16-39-15-6-7-21-46(39)47/h3-38H,1-2H3. The van der Waals surface area contributed by atoms with E-state index in [2.05, 4.69) is 230 Å². The number of hydrogen-bond acceptors (Lipinski definition) is 3. The summed E-state index contributed by atoms with van der Waals surface area (Å²) in [6.45, 7) is 4.69. The molecule has 10 aromatic carbocycles. The SMILES string of the molecule is CC1(C)c2ccccc2-c2ccc(N(c3ccc(N(c4ccccc4)c4cccc5cccc(-c6cccc7ccccc67)c45)cc3)c3ccc4c(c3)oc3ccccc34)cc21. The molecule has 0 fully saturated rings. The maximum atomic E-state index is 6.48. The van der Waals surface area contributed by atoms with Crippen molar-refractivity contribution in [1.82, 2.24) is 0 Å². The second-order valence-electron chi connectivity index (χ2n) is 16.9. The van der Waals surface area contributed by atoms with E-state index in [4.69, 9.17) is 4.42 Å². The van der Waals surface area contributed by atoms with Crippen molar-refractivity contribution in [3.63, 3.8) is 0 Å². The largest absolute Gasteiger partial charge is 0.456 e. The van der Waals surface area contributed by atoms with Crippen molar-refractivity contribution >= 4 is 77.6 Å². The quantitative estimate of drug-likeness (QED) is 0.160. The van der Waals surface area contributed by atoms with Gasteiger partial charge in [0.05, 0.1) is 5.69 Å². The highest BCUT2D eigenvalue weighted by atomic mass is 16.3. The van der Waals surface area contributed by atoms with E-state index in [0.717, 1.165) is 56.1 Å². The zero-order valence-electron chi connectivity index (χ0n) is 34.6. The molecule has 0 radical (unpaired) electrons. The highest BCUT2D eigenvalue weighted by Gasteiger charge is 2.36. The van der Waals surface area contributed by atoms with Gasteiger partial charge in [-0.15, -0.1) is 0 Å². The first kappa shape index (κ1) is 36.0. The van der Waals surface area contributed by atoms with Crippen LogP contribution in [0.2, 0.25) is 0 Å². The summed E-state index contributed by atoms with van der Waals surface area (Å²) in [5.74, 6) is 0. The third kappa shape index (κ3) is 5.66. The fourth-order valence-electron chi connectivity index (χ4n) is 10.1. The van der Waals surface area contributed by atoms with Gasteiger partial charge in [0.15, 0.2) is 0 Å². The highest BCUT2D eigenvalue weighted by molar-refractivity contribution is 6.12. The van der Waals surface area contributed by atoms with E-state index in [-0.39, 0.29) is 5.41 Å². The summed E-state index contributed by atoms with van der Waals surface area (Å²) in [6, 6.07) is 79.2. The van der Waals surface area contributed by atoms with Crippen LogP contribution in [0.25, 0.3) is 65.7 Å². The Kier molecular flexibility index (Phi) is 8.20. The first-order valence-corrected chi connectivity index (χ1v) is 21.4. The van der Waals surface area contributed by atoms with Crippen molar-refractivity contribution in [2.75, 3.05) is 9.80 Å². The van der Waals surface area contributed by atoms with Crippen molar-refractivity contribution in [1.29, 1.82) is 0 Å². The van der Waals surface area contributed by atoms with Gasteiger partial charge >= 0.3 is 0 Å². The molecule has 0 N–H and O–H groups in total. The molecule has 12 rings (SSSR count). The molecule has 0 amide bonds. The van der Waals surface area contributed by atoms with Crippen LogP contribution in [-0.4, -0.2) is 0 Å². The molecule has 1 heterocycles. The van der Waals surface area contributed by atoms with Crippen molar-refractivity contribution in [3.8, 4) is 22.3 Å². The normalized spacial score (nSPS) is 12.8. The number of hydrogen-bond donors (Lipinski definition) is 0. The van der Waals surface area contributed by atoms with Crippen LogP contribution in [0.1, 0.15) is 25.0 Å². The lowest BCUT2D eigenvalue weighted by Crippen LogP contribution is -2.16. The maximum absolute atomic E-state index is 6.48. The van der Waals surface area contributed by atoms with E-state index in [9.17, 15) is 0 Å². The molecular formula is C59H42N2O. The van der Waals surface area contributed by atoms with E-state index in [1.54, 1.807) is 0 Å². The number of benzene rings is 10. The first-order chi connectivity index (χ1) is 30.5. The Bertz CT molecular complexity index is 3500. The minimum atomic E-state index is -0.139. The molecule has 11 aromatic rings. The molecule has 3 heteroatoms. The fourth-order valence-corrected chi connectivity index (χ4v) is 10.1.